The minimum Gasteiger partial charge on any atom is -0.497 e. The van der Waals surface area contributed by atoms with Crippen LogP contribution in [0.15, 0.2) is 47.4 Å². The van der Waals surface area contributed by atoms with Crippen LogP contribution in [0.4, 0.5) is 18.9 Å². The highest BCUT2D eigenvalue weighted by molar-refractivity contribution is 8.27. The fourth-order valence-electron chi connectivity index (χ4n) is 2.61. The lowest BCUT2D eigenvalue weighted by Crippen LogP contribution is -2.27. The van der Waals surface area contributed by atoms with E-state index >= 15 is 0 Å². The Kier molecular flexibility index (Phi) is 5.66. The van der Waals surface area contributed by atoms with Crippen LogP contribution in [0, 0.1) is 0 Å². The molecule has 1 aliphatic heterocycles. The second-order valence-corrected chi connectivity index (χ2v) is 7.35. The largest absolute Gasteiger partial charge is 0.497 e. The average Bonchev–Trinajstić information content (AvgIpc) is 2.94. The number of alkyl halides is 3. The number of hydrogen-bond acceptors (Lipinski definition) is 5. The van der Waals surface area contributed by atoms with Crippen LogP contribution in [-0.2, 0) is 11.0 Å². The highest BCUT2D eigenvalue weighted by Crippen LogP contribution is 2.39. The molecular formula is C19H14F3NO3S2. The van der Waals surface area contributed by atoms with E-state index < -0.39 is 17.6 Å². The maximum absolute atomic E-state index is 13.0. The second-order valence-electron chi connectivity index (χ2n) is 5.67. The van der Waals surface area contributed by atoms with Crippen molar-refractivity contribution in [2.24, 2.45) is 0 Å². The third-order valence-electron chi connectivity index (χ3n) is 3.95. The van der Waals surface area contributed by atoms with E-state index in [1.54, 1.807) is 24.3 Å². The Hall–Kier alpha value is -2.52. The zero-order valence-electron chi connectivity index (χ0n) is 14.7. The SMILES string of the molecule is COc1ccc(OC)c(/C=C2\SC(=S)N(c3cccc(C(F)(F)F)c3)C2=O)c1. The van der Waals surface area contributed by atoms with E-state index in [2.05, 4.69) is 0 Å². The van der Waals surface area contributed by atoms with Crippen LogP contribution in [0.1, 0.15) is 11.1 Å². The Balaban J connectivity index is 1.98. The van der Waals surface area contributed by atoms with Crippen LogP contribution in [0.3, 0.4) is 0 Å². The first-order valence-corrected chi connectivity index (χ1v) is 9.14. The number of thioether (sulfide) groups is 1. The van der Waals surface area contributed by atoms with Gasteiger partial charge in [0.15, 0.2) is 4.32 Å². The number of amides is 1. The summed E-state index contributed by atoms with van der Waals surface area (Å²) < 4.78 is 49.6. The van der Waals surface area contributed by atoms with Gasteiger partial charge in [0.05, 0.1) is 30.4 Å². The van der Waals surface area contributed by atoms with Crippen molar-refractivity contribution in [3.8, 4) is 11.5 Å². The third-order valence-corrected chi connectivity index (χ3v) is 5.25. The first-order valence-electron chi connectivity index (χ1n) is 7.92. The molecule has 0 bridgehead atoms. The molecule has 1 heterocycles. The molecule has 0 spiro atoms. The minimum atomic E-state index is -4.51. The minimum absolute atomic E-state index is 0.0679. The van der Waals surface area contributed by atoms with E-state index in [1.807, 2.05) is 0 Å². The molecule has 2 aromatic rings. The first-order chi connectivity index (χ1) is 13.2. The number of methoxy groups -OCH3 is 2. The molecule has 1 saturated heterocycles. The zero-order valence-corrected chi connectivity index (χ0v) is 16.4. The number of hydrogen-bond donors (Lipinski definition) is 0. The van der Waals surface area contributed by atoms with Gasteiger partial charge in [0.25, 0.3) is 5.91 Å². The number of benzene rings is 2. The number of halogens is 3. The molecule has 1 fully saturated rings. The fraction of sp³-hybridized carbons (Fsp3) is 0.158. The molecule has 0 atom stereocenters. The number of anilines is 1. The van der Waals surface area contributed by atoms with Crippen LogP contribution < -0.4 is 14.4 Å². The van der Waals surface area contributed by atoms with Gasteiger partial charge in [-0.25, -0.2) is 0 Å². The normalized spacial score (nSPS) is 16.0. The van der Waals surface area contributed by atoms with Crippen LogP contribution in [0.25, 0.3) is 6.08 Å². The van der Waals surface area contributed by atoms with Crippen LogP contribution >= 0.6 is 24.0 Å². The van der Waals surface area contributed by atoms with Gasteiger partial charge in [-0.2, -0.15) is 13.2 Å². The number of ether oxygens (including phenoxy) is 2. The number of rotatable bonds is 4. The molecule has 146 valence electrons. The van der Waals surface area contributed by atoms with Gasteiger partial charge in [0, 0.05) is 5.56 Å². The van der Waals surface area contributed by atoms with Gasteiger partial charge in [-0.1, -0.05) is 30.0 Å². The van der Waals surface area contributed by atoms with E-state index in [-0.39, 0.29) is 14.9 Å². The number of carbonyl (C=O) groups excluding carboxylic acids is 1. The van der Waals surface area contributed by atoms with Gasteiger partial charge in [-0.05, 0) is 42.5 Å². The quantitative estimate of drug-likeness (QED) is 0.502. The summed E-state index contributed by atoms with van der Waals surface area (Å²) in [4.78, 5) is 14.2. The van der Waals surface area contributed by atoms with Crippen molar-refractivity contribution in [3.63, 3.8) is 0 Å². The summed E-state index contributed by atoms with van der Waals surface area (Å²) in [5, 5.41) is 0. The summed E-state index contributed by atoms with van der Waals surface area (Å²) in [6.07, 6.45) is -2.94. The molecular weight excluding hydrogens is 411 g/mol. The predicted octanol–water partition coefficient (Wildman–Crippen LogP) is 5.13. The van der Waals surface area contributed by atoms with Gasteiger partial charge >= 0.3 is 6.18 Å². The first kappa shape index (κ1) is 20.2. The molecule has 2 aromatic carbocycles. The van der Waals surface area contributed by atoms with Crippen LogP contribution in [0.2, 0.25) is 0 Å². The van der Waals surface area contributed by atoms with E-state index in [0.717, 1.165) is 28.8 Å². The van der Waals surface area contributed by atoms with Gasteiger partial charge in [0.2, 0.25) is 0 Å². The Bertz CT molecular complexity index is 973. The van der Waals surface area contributed by atoms with Crippen molar-refractivity contribution < 1.29 is 27.4 Å². The van der Waals surface area contributed by atoms with Gasteiger partial charge in [0.1, 0.15) is 11.5 Å². The van der Waals surface area contributed by atoms with Gasteiger partial charge in [-0.3, -0.25) is 9.69 Å². The van der Waals surface area contributed by atoms with Crippen molar-refractivity contribution in [3.05, 3.63) is 58.5 Å². The molecule has 0 aromatic heterocycles. The smallest absolute Gasteiger partial charge is 0.416 e. The van der Waals surface area contributed by atoms with Gasteiger partial charge < -0.3 is 9.47 Å². The summed E-state index contributed by atoms with van der Waals surface area (Å²) in [5.74, 6) is 0.588. The van der Waals surface area contributed by atoms with E-state index in [0.29, 0.717) is 17.1 Å². The summed E-state index contributed by atoms with van der Waals surface area (Å²) in [6, 6.07) is 9.59. The monoisotopic (exact) mass is 425 g/mol. The number of thiocarbonyl (C=S) groups is 1. The molecule has 4 nitrogen and oxygen atoms in total. The molecule has 1 amide bonds. The molecule has 9 heteroatoms. The van der Waals surface area contributed by atoms with E-state index in [4.69, 9.17) is 21.7 Å². The Morgan fingerprint density at radius 1 is 1.11 bits per heavy atom. The van der Waals surface area contributed by atoms with Crippen molar-refractivity contribution in [2.75, 3.05) is 19.1 Å². The molecule has 0 unspecified atom stereocenters. The predicted molar refractivity (Wildman–Crippen MR) is 107 cm³/mol. The molecule has 0 aliphatic carbocycles. The van der Waals surface area contributed by atoms with E-state index in [1.165, 1.54) is 26.4 Å². The fourth-order valence-corrected chi connectivity index (χ4v) is 3.89. The highest BCUT2D eigenvalue weighted by atomic mass is 32.2. The van der Waals surface area contributed by atoms with Crippen molar-refractivity contribution in [1.82, 2.24) is 0 Å². The molecule has 3 rings (SSSR count). The van der Waals surface area contributed by atoms with Crippen molar-refractivity contribution in [1.29, 1.82) is 0 Å². The third kappa shape index (κ3) is 4.00. The molecule has 0 N–H and O–H groups in total. The standard InChI is InChI=1S/C19H14F3NO3S2/c1-25-14-6-7-15(26-2)11(8-14)9-16-17(24)23(18(27)28-16)13-5-3-4-12(10-13)19(20,21)22/h3-10H,1-2H3/b16-9-. The second kappa shape index (κ2) is 7.84. The lowest BCUT2D eigenvalue weighted by molar-refractivity contribution is -0.137. The van der Waals surface area contributed by atoms with Crippen LogP contribution in [0.5, 0.6) is 11.5 Å². The van der Waals surface area contributed by atoms with Crippen LogP contribution in [-0.4, -0.2) is 24.4 Å². The molecule has 1 aliphatic rings. The topological polar surface area (TPSA) is 38.8 Å². The lowest BCUT2D eigenvalue weighted by Gasteiger charge is -2.16. The Morgan fingerprint density at radius 2 is 1.86 bits per heavy atom. The summed E-state index contributed by atoms with van der Waals surface area (Å²) in [7, 11) is 3.01. The van der Waals surface area contributed by atoms with Crippen molar-refractivity contribution in [2.45, 2.75) is 6.18 Å². The molecule has 0 saturated carbocycles. The highest BCUT2D eigenvalue weighted by Gasteiger charge is 2.36. The number of carbonyl (C=O) groups is 1. The van der Waals surface area contributed by atoms with Crippen molar-refractivity contribution >= 4 is 46.0 Å². The van der Waals surface area contributed by atoms with Gasteiger partial charge in [-0.15, -0.1) is 0 Å². The number of nitrogens with zero attached hydrogens (tertiary/aromatic N) is 1. The summed E-state index contributed by atoms with van der Waals surface area (Å²) >= 11 is 6.24. The van der Waals surface area contributed by atoms with E-state index in [9.17, 15) is 18.0 Å². The maximum Gasteiger partial charge on any atom is 0.416 e. The lowest BCUT2D eigenvalue weighted by atomic mass is 10.1. The average molecular weight is 425 g/mol. The molecule has 28 heavy (non-hydrogen) atoms. The summed E-state index contributed by atoms with van der Waals surface area (Å²) in [5.41, 5.74) is -0.192. The molecule has 0 radical (unpaired) electrons. The zero-order chi connectivity index (χ0) is 20.5. The Morgan fingerprint density at radius 3 is 2.50 bits per heavy atom. The maximum atomic E-state index is 13.0. The summed E-state index contributed by atoms with van der Waals surface area (Å²) in [6.45, 7) is 0. The Labute approximate surface area is 168 Å².